The fourth-order valence-corrected chi connectivity index (χ4v) is 2.22. The molecule has 0 fully saturated rings. The second-order valence-electron chi connectivity index (χ2n) is 4.87. The van der Waals surface area contributed by atoms with Crippen LogP contribution in [0.15, 0.2) is 36.5 Å². The highest BCUT2D eigenvalue weighted by Crippen LogP contribution is 2.23. The summed E-state index contributed by atoms with van der Waals surface area (Å²) in [5.41, 5.74) is 2.14. The quantitative estimate of drug-likeness (QED) is 0.869. The summed E-state index contributed by atoms with van der Waals surface area (Å²) in [5.74, 6) is 0.548. The molecule has 0 saturated carbocycles. The highest BCUT2D eigenvalue weighted by molar-refractivity contribution is 6.42. The van der Waals surface area contributed by atoms with Crippen LogP contribution in [0.3, 0.4) is 0 Å². The number of rotatable bonds is 5. The summed E-state index contributed by atoms with van der Waals surface area (Å²) in [6.07, 6.45) is 3.70. The van der Waals surface area contributed by atoms with Crippen molar-refractivity contribution in [2.45, 2.75) is 26.2 Å². The first kappa shape index (κ1) is 15.8. The minimum Gasteiger partial charge on any atom is -0.311 e. The van der Waals surface area contributed by atoms with Gasteiger partial charge in [0, 0.05) is 12.6 Å². The van der Waals surface area contributed by atoms with Gasteiger partial charge < -0.3 is 5.32 Å². The number of carbonyl (C=O) groups is 1. The predicted octanol–water partition coefficient (Wildman–Crippen LogP) is 4.66. The maximum atomic E-state index is 11.8. The minimum absolute atomic E-state index is 0.0357. The van der Waals surface area contributed by atoms with E-state index in [1.54, 1.807) is 18.3 Å². The Balaban J connectivity index is 1.78. The van der Waals surface area contributed by atoms with E-state index >= 15 is 0 Å². The maximum absolute atomic E-state index is 11.8. The average Bonchev–Trinajstić information content (AvgIpc) is 2.45. The molecule has 0 aliphatic rings. The topological polar surface area (TPSA) is 42.0 Å². The van der Waals surface area contributed by atoms with Crippen LogP contribution in [0.4, 0.5) is 5.82 Å². The number of nitrogens with zero attached hydrogens (tertiary/aromatic N) is 1. The van der Waals surface area contributed by atoms with Gasteiger partial charge in [0.1, 0.15) is 5.82 Å². The summed E-state index contributed by atoms with van der Waals surface area (Å²) in [6, 6.07) is 9.25. The lowest BCUT2D eigenvalue weighted by atomic mass is 10.1. The number of amides is 1. The molecule has 0 saturated heterocycles. The van der Waals surface area contributed by atoms with Crippen molar-refractivity contribution in [3.63, 3.8) is 0 Å². The summed E-state index contributed by atoms with van der Waals surface area (Å²) in [7, 11) is 0. The molecule has 1 aromatic heterocycles. The third kappa shape index (κ3) is 5.03. The molecule has 0 bridgehead atoms. The molecule has 110 valence electrons. The van der Waals surface area contributed by atoms with Crippen LogP contribution in [0, 0.1) is 6.92 Å². The fourth-order valence-electron chi connectivity index (χ4n) is 1.90. The Morgan fingerprint density at radius 1 is 1.19 bits per heavy atom. The standard InChI is InChI=1S/C16H16Cl2N2O/c1-11-5-8-15(19-10-11)20-16(21)4-2-3-12-6-7-13(17)14(18)9-12/h5-10H,2-4H2,1H3,(H,19,20,21). The maximum Gasteiger partial charge on any atom is 0.225 e. The minimum atomic E-state index is -0.0357. The van der Waals surface area contributed by atoms with Crippen LogP contribution in [0.2, 0.25) is 10.0 Å². The van der Waals surface area contributed by atoms with Gasteiger partial charge in [-0.25, -0.2) is 4.98 Å². The number of benzene rings is 1. The van der Waals surface area contributed by atoms with Gasteiger partial charge in [-0.2, -0.15) is 0 Å². The van der Waals surface area contributed by atoms with Crippen molar-refractivity contribution in [3.8, 4) is 0 Å². The van der Waals surface area contributed by atoms with E-state index in [4.69, 9.17) is 23.2 Å². The lowest BCUT2D eigenvalue weighted by Crippen LogP contribution is -2.12. The number of pyridine rings is 1. The molecule has 1 N–H and O–H groups in total. The number of anilines is 1. The molecule has 0 radical (unpaired) electrons. The molecule has 21 heavy (non-hydrogen) atoms. The second kappa shape index (κ2) is 7.43. The molecular weight excluding hydrogens is 307 g/mol. The summed E-state index contributed by atoms with van der Waals surface area (Å²) >= 11 is 11.8. The van der Waals surface area contributed by atoms with Crippen molar-refractivity contribution in [2.24, 2.45) is 0 Å². The number of aromatic nitrogens is 1. The number of nitrogens with one attached hydrogen (secondary N) is 1. The summed E-state index contributed by atoms with van der Waals surface area (Å²) in [6.45, 7) is 1.95. The molecule has 0 aliphatic heterocycles. The predicted molar refractivity (Wildman–Crippen MR) is 87.0 cm³/mol. The molecule has 1 heterocycles. The molecule has 0 aliphatic carbocycles. The van der Waals surface area contributed by atoms with E-state index in [1.807, 2.05) is 25.1 Å². The van der Waals surface area contributed by atoms with Gasteiger partial charge in [0.15, 0.2) is 0 Å². The van der Waals surface area contributed by atoms with E-state index in [2.05, 4.69) is 10.3 Å². The highest BCUT2D eigenvalue weighted by Gasteiger charge is 2.04. The van der Waals surface area contributed by atoms with Gasteiger partial charge >= 0.3 is 0 Å². The number of carbonyl (C=O) groups excluding carboxylic acids is 1. The first-order valence-electron chi connectivity index (χ1n) is 6.71. The Kier molecular flexibility index (Phi) is 5.59. The van der Waals surface area contributed by atoms with Crippen molar-refractivity contribution < 1.29 is 4.79 Å². The normalized spacial score (nSPS) is 10.4. The summed E-state index contributed by atoms with van der Waals surface area (Å²) in [4.78, 5) is 16.0. The Morgan fingerprint density at radius 3 is 2.67 bits per heavy atom. The number of hydrogen-bond acceptors (Lipinski definition) is 2. The average molecular weight is 323 g/mol. The molecule has 0 unspecified atom stereocenters. The van der Waals surface area contributed by atoms with Crippen molar-refractivity contribution in [2.75, 3.05) is 5.32 Å². The SMILES string of the molecule is Cc1ccc(NC(=O)CCCc2ccc(Cl)c(Cl)c2)nc1. The van der Waals surface area contributed by atoms with E-state index in [0.717, 1.165) is 24.0 Å². The third-order valence-corrected chi connectivity index (χ3v) is 3.77. The molecule has 1 aromatic carbocycles. The van der Waals surface area contributed by atoms with Crippen molar-refractivity contribution in [3.05, 3.63) is 57.7 Å². The number of aryl methyl sites for hydroxylation is 2. The van der Waals surface area contributed by atoms with Gasteiger partial charge in [-0.3, -0.25) is 4.79 Å². The van der Waals surface area contributed by atoms with E-state index < -0.39 is 0 Å². The molecule has 0 atom stereocenters. The van der Waals surface area contributed by atoms with Crippen molar-refractivity contribution in [1.29, 1.82) is 0 Å². The lowest BCUT2D eigenvalue weighted by Gasteiger charge is -2.05. The van der Waals surface area contributed by atoms with Crippen molar-refractivity contribution in [1.82, 2.24) is 4.98 Å². The van der Waals surface area contributed by atoms with E-state index in [9.17, 15) is 4.79 Å². The van der Waals surface area contributed by atoms with Crippen LogP contribution in [0.5, 0.6) is 0 Å². The van der Waals surface area contributed by atoms with Crippen LogP contribution < -0.4 is 5.32 Å². The molecule has 5 heteroatoms. The van der Waals surface area contributed by atoms with Crippen LogP contribution in [0.1, 0.15) is 24.0 Å². The van der Waals surface area contributed by atoms with Gasteiger partial charge in [0.25, 0.3) is 0 Å². The van der Waals surface area contributed by atoms with Crippen LogP contribution in [-0.2, 0) is 11.2 Å². The first-order valence-corrected chi connectivity index (χ1v) is 7.46. The molecule has 0 spiro atoms. The zero-order valence-corrected chi connectivity index (χ0v) is 13.2. The Labute approximate surface area is 134 Å². The third-order valence-electron chi connectivity index (χ3n) is 3.03. The van der Waals surface area contributed by atoms with E-state index in [0.29, 0.717) is 22.3 Å². The van der Waals surface area contributed by atoms with Gasteiger partial charge in [-0.05, 0) is 49.1 Å². The zero-order valence-electron chi connectivity index (χ0n) is 11.7. The molecule has 1 amide bonds. The van der Waals surface area contributed by atoms with E-state index in [-0.39, 0.29) is 5.91 Å². The number of halogens is 2. The molecule has 2 aromatic rings. The second-order valence-corrected chi connectivity index (χ2v) is 5.69. The van der Waals surface area contributed by atoms with Crippen molar-refractivity contribution >= 4 is 34.9 Å². The molecule has 3 nitrogen and oxygen atoms in total. The van der Waals surface area contributed by atoms with Gasteiger partial charge in [-0.15, -0.1) is 0 Å². The van der Waals surface area contributed by atoms with Crippen LogP contribution in [-0.4, -0.2) is 10.9 Å². The summed E-state index contributed by atoms with van der Waals surface area (Å²) in [5, 5.41) is 3.87. The van der Waals surface area contributed by atoms with Crippen LogP contribution in [0.25, 0.3) is 0 Å². The summed E-state index contributed by atoms with van der Waals surface area (Å²) < 4.78 is 0. The lowest BCUT2D eigenvalue weighted by molar-refractivity contribution is -0.116. The molecular formula is C16H16Cl2N2O. The van der Waals surface area contributed by atoms with Crippen LogP contribution >= 0.6 is 23.2 Å². The smallest absolute Gasteiger partial charge is 0.225 e. The Hall–Kier alpha value is -1.58. The molecule has 2 rings (SSSR count). The number of hydrogen-bond donors (Lipinski definition) is 1. The first-order chi connectivity index (χ1) is 10.0. The van der Waals surface area contributed by atoms with Gasteiger partial charge in [-0.1, -0.05) is 35.3 Å². The largest absolute Gasteiger partial charge is 0.311 e. The highest BCUT2D eigenvalue weighted by atomic mass is 35.5. The van der Waals surface area contributed by atoms with Gasteiger partial charge in [0.2, 0.25) is 5.91 Å². The van der Waals surface area contributed by atoms with E-state index in [1.165, 1.54) is 0 Å². The van der Waals surface area contributed by atoms with Gasteiger partial charge in [0.05, 0.1) is 10.0 Å². The Bertz CT molecular complexity index is 627. The zero-order chi connectivity index (χ0) is 15.2. The monoisotopic (exact) mass is 322 g/mol. The Morgan fingerprint density at radius 2 is 2.00 bits per heavy atom. The fraction of sp³-hybridized carbons (Fsp3) is 0.250.